The first-order valence-corrected chi connectivity index (χ1v) is 16.9. The predicted molar refractivity (Wildman–Crippen MR) is 195 cm³/mol. The van der Waals surface area contributed by atoms with Gasteiger partial charge in [0.1, 0.15) is 17.5 Å². The molecule has 12 heteroatoms. The molecule has 3 amide bonds. The number of nitrogens with two attached hydrogens (primary N) is 1. The molecule has 5 rings (SSSR count). The zero-order valence-corrected chi connectivity index (χ0v) is 28.2. The minimum absolute atomic E-state index is 0.0160. The fraction of sp³-hybridized carbons (Fsp3) is 0.231. The van der Waals surface area contributed by atoms with Gasteiger partial charge in [0.15, 0.2) is 5.96 Å². The summed E-state index contributed by atoms with van der Waals surface area (Å²) in [7, 11) is 0. The molecule has 0 unspecified atom stereocenters. The van der Waals surface area contributed by atoms with Crippen molar-refractivity contribution < 1.29 is 19.5 Å². The van der Waals surface area contributed by atoms with Gasteiger partial charge in [-0.05, 0) is 48.1 Å². The molecule has 1 aromatic heterocycles. The number of nitrogens with one attached hydrogen (secondary N) is 3. The minimum atomic E-state index is -0.866. The minimum Gasteiger partial charge on any atom is -0.508 e. The maximum Gasteiger partial charge on any atom is 0.242 e. The summed E-state index contributed by atoms with van der Waals surface area (Å²) in [5, 5.41) is 26.4. The third-order valence-electron chi connectivity index (χ3n) is 8.16. The first-order chi connectivity index (χ1) is 24.9. The molecule has 262 valence electrons. The monoisotopic (exact) mass is 686 g/mol. The largest absolute Gasteiger partial charge is 0.508 e. The second-order valence-electron chi connectivity index (χ2n) is 12.0. The topological polar surface area (TPSA) is 177 Å². The van der Waals surface area contributed by atoms with Crippen LogP contribution in [0.4, 0.5) is 0 Å². The van der Waals surface area contributed by atoms with Crippen LogP contribution in [-0.4, -0.2) is 56.4 Å². The number of hydrogen-bond acceptors (Lipinski definition) is 7. The molecule has 12 nitrogen and oxygen atoms in total. The summed E-state index contributed by atoms with van der Waals surface area (Å²) in [4.78, 5) is 44.1. The Hall–Kier alpha value is -6.30. The number of amides is 3. The molecule has 0 bridgehead atoms. The summed E-state index contributed by atoms with van der Waals surface area (Å²) >= 11 is 0. The van der Waals surface area contributed by atoms with Gasteiger partial charge in [-0.25, -0.2) is 0 Å². The van der Waals surface area contributed by atoms with E-state index in [0.29, 0.717) is 19.4 Å². The van der Waals surface area contributed by atoms with Gasteiger partial charge in [-0.3, -0.25) is 29.4 Å². The Bertz CT molecular complexity index is 1840. The molecule has 0 fully saturated rings. The van der Waals surface area contributed by atoms with Gasteiger partial charge in [0.05, 0.1) is 12.1 Å². The smallest absolute Gasteiger partial charge is 0.242 e. The highest BCUT2D eigenvalue weighted by molar-refractivity contribution is 5.96. The van der Waals surface area contributed by atoms with Crippen molar-refractivity contribution in [1.29, 1.82) is 0 Å². The van der Waals surface area contributed by atoms with Gasteiger partial charge >= 0.3 is 0 Å². The van der Waals surface area contributed by atoms with Gasteiger partial charge in [0, 0.05) is 31.6 Å². The van der Waals surface area contributed by atoms with E-state index in [-0.39, 0.29) is 55.4 Å². The molecule has 5 aromatic rings. The van der Waals surface area contributed by atoms with Crippen LogP contribution in [0.5, 0.6) is 5.75 Å². The van der Waals surface area contributed by atoms with Crippen LogP contribution in [-0.2, 0) is 27.5 Å². The van der Waals surface area contributed by atoms with Gasteiger partial charge < -0.3 is 21.5 Å². The summed E-state index contributed by atoms with van der Waals surface area (Å²) in [5.41, 5.74) is 10.1. The van der Waals surface area contributed by atoms with E-state index in [1.807, 2.05) is 97.2 Å². The Morgan fingerprint density at radius 2 is 1.43 bits per heavy atom. The number of benzene rings is 4. The Morgan fingerprint density at radius 3 is 2.08 bits per heavy atom. The zero-order chi connectivity index (χ0) is 35.8. The molecule has 51 heavy (non-hydrogen) atoms. The number of phenols is 1. The second-order valence-corrected chi connectivity index (χ2v) is 12.0. The van der Waals surface area contributed by atoms with Crippen LogP contribution in [0.2, 0.25) is 0 Å². The van der Waals surface area contributed by atoms with Crippen molar-refractivity contribution in [3.05, 3.63) is 138 Å². The highest BCUT2D eigenvalue weighted by atomic mass is 16.3. The number of aromatic hydroxyl groups is 1. The third kappa shape index (κ3) is 11.1. The Balaban J connectivity index is 1.15. The molecule has 0 aliphatic carbocycles. The van der Waals surface area contributed by atoms with Crippen molar-refractivity contribution in [3.8, 4) is 17.0 Å². The molecule has 0 saturated carbocycles. The van der Waals surface area contributed by atoms with Gasteiger partial charge in [-0.1, -0.05) is 108 Å². The van der Waals surface area contributed by atoms with Gasteiger partial charge in [-0.2, -0.15) is 0 Å². The quantitative estimate of drug-likeness (QED) is 0.0585. The van der Waals surface area contributed by atoms with Crippen molar-refractivity contribution >= 4 is 23.7 Å². The molecule has 0 spiro atoms. The first-order valence-electron chi connectivity index (χ1n) is 16.9. The number of aryl methyl sites for hydroxylation is 1. The number of phenolic OH excluding ortho intramolecular Hbond substituents is 1. The fourth-order valence-corrected chi connectivity index (χ4v) is 5.53. The highest BCUT2D eigenvalue weighted by Gasteiger charge is 2.27. The van der Waals surface area contributed by atoms with Crippen LogP contribution in [0.25, 0.3) is 11.3 Å². The normalized spacial score (nSPS) is 11.9. The number of guanidine groups is 1. The Morgan fingerprint density at radius 1 is 0.804 bits per heavy atom. The van der Waals surface area contributed by atoms with Crippen molar-refractivity contribution in [2.75, 3.05) is 6.54 Å². The van der Waals surface area contributed by atoms with Crippen molar-refractivity contribution in [3.63, 3.8) is 0 Å². The van der Waals surface area contributed by atoms with Gasteiger partial charge in [0.2, 0.25) is 17.7 Å². The molecule has 0 saturated heterocycles. The number of carbonyl (C=O) groups is 3. The maximum atomic E-state index is 13.9. The summed E-state index contributed by atoms with van der Waals surface area (Å²) in [6.07, 6.45) is 3.28. The number of nitrogens with zero attached hydrogens (tertiary/aromatic N) is 4. The van der Waals surface area contributed by atoms with Crippen LogP contribution in [0.3, 0.4) is 0 Å². The third-order valence-corrected chi connectivity index (χ3v) is 8.16. The molecular weight excluding hydrogens is 644 g/mol. The predicted octanol–water partition coefficient (Wildman–Crippen LogP) is 4.28. The van der Waals surface area contributed by atoms with Gasteiger partial charge in [0.25, 0.3) is 0 Å². The fourth-order valence-electron chi connectivity index (χ4n) is 5.53. The molecule has 0 radical (unpaired) electrons. The van der Waals surface area contributed by atoms with E-state index in [9.17, 15) is 19.5 Å². The average molecular weight is 687 g/mol. The van der Waals surface area contributed by atoms with E-state index < -0.39 is 12.0 Å². The lowest BCUT2D eigenvalue weighted by Gasteiger charge is -2.23. The van der Waals surface area contributed by atoms with E-state index in [1.54, 1.807) is 28.9 Å². The van der Waals surface area contributed by atoms with Crippen molar-refractivity contribution in [2.45, 2.75) is 50.7 Å². The highest BCUT2D eigenvalue weighted by Crippen LogP contribution is 2.25. The zero-order valence-electron chi connectivity index (χ0n) is 28.2. The molecule has 1 heterocycles. The SMILES string of the molecule is NC(=NCCC[C@@H](NC(=O)C(c1ccccc1)c1ccccc1)C(=O)NCc1ccc(O)cc1)NC(=O)CCCn1cc(-c2ccccc2)nn1. The lowest BCUT2D eigenvalue weighted by molar-refractivity contribution is -0.129. The molecular formula is C39H42N8O4. The number of carbonyl (C=O) groups excluding carboxylic acids is 3. The summed E-state index contributed by atoms with van der Waals surface area (Å²) < 4.78 is 1.70. The number of rotatable bonds is 16. The summed E-state index contributed by atoms with van der Waals surface area (Å²) in [5.74, 6) is -1.45. The Kier molecular flexibility index (Phi) is 13.0. The first kappa shape index (κ1) is 36.0. The van der Waals surface area contributed by atoms with E-state index >= 15 is 0 Å². The van der Waals surface area contributed by atoms with E-state index in [0.717, 1.165) is 27.9 Å². The number of hydrogen-bond donors (Lipinski definition) is 5. The average Bonchev–Trinajstić information content (AvgIpc) is 3.63. The number of aromatic nitrogens is 3. The summed E-state index contributed by atoms with van der Waals surface area (Å²) in [6, 6.07) is 34.2. The molecule has 6 N–H and O–H groups in total. The molecule has 0 aliphatic rings. The lowest BCUT2D eigenvalue weighted by atomic mass is 9.90. The molecule has 1 atom stereocenters. The van der Waals surface area contributed by atoms with Crippen LogP contribution in [0.15, 0.2) is 126 Å². The van der Waals surface area contributed by atoms with E-state index in [2.05, 4.69) is 31.3 Å². The maximum absolute atomic E-state index is 13.9. The van der Waals surface area contributed by atoms with Crippen LogP contribution < -0.4 is 21.7 Å². The van der Waals surface area contributed by atoms with E-state index in [4.69, 9.17) is 5.73 Å². The van der Waals surface area contributed by atoms with Crippen LogP contribution in [0.1, 0.15) is 48.3 Å². The van der Waals surface area contributed by atoms with Crippen LogP contribution >= 0.6 is 0 Å². The van der Waals surface area contributed by atoms with Crippen LogP contribution in [0, 0.1) is 0 Å². The summed E-state index contributed by atoms with van der Waals surface area (Å²) in [6.45, 7) is 0.960. The van der Waals surface area contributed by atoms with Crippen molar-refractivity contribution in [2.24, 2.45) is 10.7 Å². The molecule has 4 aromatic carbocycles. The lowest BCUT2D eigenvalue weighted by Crippen LogP contribution is -2.48. The number of aliphatic imine (C=N–C) groups is 1. The standard InChI is InChI=1S/C39H42N8O4/c40-39(44-35(49)19-11-25-47-27-34(45-46-47)29-12-4-1-5-13-29)41-24-10-18-33(37(50)42-26-28-20-22-32(48)23-21-28)43-38(51)36(30-14-6-2-7-15-30)31-16-8-3-9-17-31/h1-9,12-17,20-23,27,33,36,48H,10-11,18-19,24-26H2,(H,42,50)(H,43,51)(H3,40,41,44,49)/t33-/m1/s1. The second kappa shape index (κ2) is 18.5. The van der Waals surface area contributed by atoms with E-state index in [1.165, 1.54) is 0 Å². The van der Waals surface area contributed by atoms with Crippen molar-refractivity contribution in [1.82, 2.24) is 30.9 Å². The Labute approximate surface area is 296 Å². The molecule has 0 aliphatic heterocycles. The van der Waals surface area contributed by atoms with Gasteiger partial charge in [-0.15, -0.1) is 5.10 Å².